The maximum Gasteiger partial charge on any atom is 0.420 e. The Hall–Kier alpha value is -1.60. The number of rotatable bonds is 6. The molecule has 4 nitrogen and oxygen atoms in total. The van der Waals surface area contributed by atoms with Crippen LogP contribution in [0.4, 0.5) is 13.2 Å². The lowest BCUT2D eigenvalue weighted by atomic mass is 9.80. The summed E-state index contributed by atoms with van der Waals surface area (Å²) in [7, 11) is 1.68. The second-order valence-electron chi connectivity index (χ2n) is 7.04. The number of fused-ring (bicyclic) bond motifs is 1. The molecule has 1 aliphatic rings. The van der Waals surface area contributed by atoms with Crippen LogP contribution < -0.4 is 5.32 Å². The van der Waals surface area contributed by atoms with Crippen LogP contribution in [0, 0.1) is 0 Å². The van der Waals surface area contributed by atoms with Crippen LogP contribution in [0.25, 0.3) is 11.1 Å². The fourth-order valence-corrected chi connectivity index (χ4v) is 3.13. The zero-order valence-corrected chi connectivity index (χ0v) is 14.7. The first-order chi connectivity index (χ1) is 11.7. The lowest BCUT2D eigenvalue weighted by molar-refractivity contribution is -0.136. The number of alkyl halides is 3. The number of halogens is 3. The molecular weight excluding hydrogens is 333 g/mol. The number of benzene rings is 1. The second kappa shape index (κ2) is 6.61. The lowest BCUT2D eigenvalue weighted by Gasteiger charge is -2.40. The van der Waals surface area contributed by atoms with Gasteiger partial charge in [-0.25, -0.2) is 4.98 Å². The molecule has 0 saturated heterocycles. The molecule has 0 radical (unpaired) electrons. The Kier molecular flexibility index (Phi) is 4.81. The van der Waals surface area contributed by atoms with Crippen LogP contribution in [0.5, 0.6) is 0 Å². The van der Waals surface area contributed by atoms with Gasteiger partial charge < -0.3 is 14.5 Å². The number of methoxy groups -OCH3 is 1. The van der Waals surface area contributed by atoms with Crippen molar-refractivity contribution in [3.8, 4) is 0 Å². The maximum absolute atomic E-state index is 13.4. The highest BCUT2D eigenvalue weighted by Gasteiger charge is 2.37. The normalized spacial score (nSPS) is 17.2. The van der Waals surface area contributed by atoms with Gasteiger partial charge in [0, 0.05) is 26.1 Å². The first-order valence-corrected chi connectivity index (χ1v) is 8.50. The van der Waals surface area contributed by atoms with Crippen molar-refractivity contribution in [3.63, 3.8) is 0 Å². The van der Waals surface area contributed by atoms with E-state index in [0.29, 0.717) is 24.5 Å². The summed E-state index contributed by atoms with van der Waals surface area (Å²) >= 11 is 0. The minimum atomic E-state index is -4.48. The monoisotopic (exact) mass is 356 g/mol. The lowest BCUT2D eigenvalue weighted by Crippen LogP contribution is -2.47. The van der Waals surface area contributed by atoms with Gasteiger partial charge in [0.1, 0.15) is 11.1 Å². The molecule has 7 heteroatoms. The molecule has 0 atom stereocenters. The molecule has 1 aromatic carbocycles. The first kappa shape index (κ1) is 18.2. The summed E-state index contributed by atoms with van der Waals surface area (Å²) in [5, 5.41) is 3.22. The summed E-state index contributed by atoms with van der Waals surface area (Å²) < 4.78 is 51.1. The van der Waals surface area contributed by atoms with Crippen molar-refractivity contribution >= 4 is 11.1 Å². The molecular formula is C18H23F3N2O2. The van der Waals surface area contributed by atoms with E-state index < -0.39 is 11.7 Å². The standard InChI is InChI=1S/C18H23F3N2O2/c1-11(2)16-23-14-8-12(7-13(15(14)25-16)18(19,20)21)9-22-10-17(24-3)5-4-6-17/h7-8,11,22H,4-6,9-10H2,1-3H3. The average Bonchev–Trinajstić information content (AvgIpc) is 2.92. The third-order valence-electron chi connectivity index (χ3n) is 4.84. The van der Waals surface area contributed by atoms with Gasteiger partial charge in [-0.05, 0) is 37.0 Å². The number of aromatic nitrogens is 1. The highest BCUT2D eigenvalue weighted by molar-refractivity contribution is 5.78. The summed E-state index contributed by atoms with van der Waals surface area (Å²) in [4.78, 5) is 4.23. The summed E-state index contributed by atoms with van der Waals surface area (Å²) in [6.07, 6.45) is -1.41. The minimum Gasteiger partial charge on any atom is -0.440 e. The molecule has 1 N–H and O–H groups in total. The van der Waals surface area contributed by atoms with Crippen LogP contribution in [-0.2, 0) is 17.5 Å². The number of ether oxygens (including phenoxy) is 1. The largest absolute Gasteiger partial charge is 0.440 e. The number of nitrogens with one attached hydrogen (secondary N) is 1. The van der Waals surface area contributed by atoms with Gasteiger partial charge >= 0.3 is 6.18 Å². The van der Waals surface area contributed by atoms with Crippen molar-refractivity contribution in [2.75, 3.05) is 13.7 Å². The highest BCUT2D eigenvalue weighted by atomic mass is 19.4. The van der Waals surface area contributed by atoms with Crippen molar-refractivity contribution in [2.24, 2.45) is 0 Å². The molecule has 0 spiro atoms. The van der Waals surface area contributed by atoms with Crippen molar-refractivity contribution in [3.05, 3.63) is 29.2 Å². The van der Waals surface area contributed by atoms with Crippen molar-refractivity contribution in [2.45, 2.75) is 57.3 Å². The van der Waals surface area contributed by atoms with E-state index in [9.17, 15) is 13.2 Å². The molecule has 2 aromatic rings. The SMILES string of the molecule is COC1(CNCc2cc(C(F)(F)F)c3oc(C(C)C)nc3c2)CCC1. The van der Waals surface area contributed by atoms with Gasteiger partial charge in [0.2, 0.25) is 0 Å². The number of hydrogen-bond donors (Lipinski definition) is 1. The van der Waals surface area contributed by atoms with Crippen LogP contribution in [0.15, 0.2) is 16.5 Å². The molecule has 0 bridgehead atoms. The van der Waals surface area contributed by atoms with Crippen molar-refractivity contribution in [1.29, 1.82) is 0 Å². The molecule has 1 heterocycles. The van der Waals surface area contributed by atoms with Gasteiger partial charge in [-0.3, -0.25) is 0 Å². The fourth-order valence-electron chi connectivity index (χ4n) is 3.13. The molecule has 0 unspecified atom stereocenters. The molecule has 3 rings (SSSR count). The van der Waals surface area contributed by atoms with Crippen molar-refractivity contribution in [1.82, 2.24) is 10.3 Å². The quantitative estimate of drug-likeness (QED) is 0.820. The Morgan fingerprint density at radius 3 is 2.56 bits per heavy atom. The Bertz CT molecular complexity index is 743. The zero-order valence-electron chi connectivity index (χ0n) is 14.7. The Morgan fingerprint density at radius 1 is 1.32 bits per heavy atom. The number of oxazole rings is 1. The zero-order chi connectivity index (χ0) is 18.2. The fraction of sp³-hybridized carbons (Fsp3) is 0.611. The summed E-state index contributed by atoms with van der Waals surface area (Å²) in [5.74, 6) is 0.244. The van der Waals surface area contributed by atoms with E-state index in [0.717, 1.165) is 25.3 Å². The number of hydrogen-bond acceptors (Lipinski definition) is 4. The first-order valence-electron chi connectivity index (χ1n) is 8.50. The van der Waals surface area contributed by atoms with Gasteiger partial charge in [0.15, 0.2) is 11.5 Å². The Balaban J connectivity index is 1.85. The van der Waals surface area contributed by atoms with Gasteiger partial charge in [-0.15, -0.1) is 0 Å². The predicted molar refractivity (Wildman–Crippen MR) is 88.4 cm³/mol. The smallest absolute Gasteiger partial charge is 0.420 e. The molecule has 1 fully saturated rings. The van der Waals surface area contributed by atoms with E-state index in [4.69, 9.17) is 9.15 Å². The number of nitrogens with zero attached hydrogens (tertiary/aromatic N) is 1. The van der Waals surface area contributed by atoms with E-state index in [2.05, 4.69) is 10.3 Å². The van der Waals surface area contributed by atoms with E-state index in [1.807, 2.05) is 13.8 Å². The molecule has 138 valence electrons. The van der Waals surface area contributed by atoms with Crippen LogP contribution in [0.1, 0.15) is 56.0 Å². The summed E-state index contributed by atoms with van der Waals surface area (Å²) in [6, 6.07) is 2.80. The van der Waals surface area contributed by atoms with E-state index in [-0.39, 0.29) is 22.6 Å². The molecule has 25 heavy (non-hydrogen) atoms. The summed E-state index contributed by atoms with van der Waals surface area (Å²) in [6.45, 7) is 4.62. The maximum atomic E-state index is 13.4. The molecule has 1 aliphatic carbocycles. The van der Waals surface area contributed by atoms with E-state index >= 15 is 0 Å². The summed E-state index contributed by atoms with van der Waals surface area (Å²) in [5.41, 5.74) is -0.344. The second-order valence-corrected chi connectivity index (χ2v) is 7.04. The predicted octanol–water partition coefficient (Wildman–Crippen LogP) is 4.63. The topological polar surface area (TPSA) is 47.3 Å². The van der Waals surface area contributed by atoms with E-state index in [1.165, 1.54) is 0 Å². The third kappa shape index (κ3) is 3.67. The molecule has 1 saturated carbocycles. The highest BCUT2D eigenvalue weighted by Crippen LogP contribution is 2.37. The molecule has 0 amide bonds. The van der Waals surface area contributed by atoms with Gasteiger partial charge in [-0.1, -0.05) is 13.8 Å². The van der Waals surface area contributed by atoms with Crippen LogP contribution in [0.2, 0.25) is 0 Å². The average molecular weight is 356 g/mol. The third-order valence-corrected chi connectivity index (χ3v) is 4.84. The molecule has 0 aliphatic heterocycles. The molecule has 1 aromatic heterocycles. The van der Waals surface area contributed by atoms with Crippen LogP contribution in [-0.4, -0.2) is 24.2 Å². The Morgan fingerprint density at radius 2 is 2.04 bits per heavy atom. The van der Waals surface area contributed by atoms with Gasteiger partial charge in [0.25, 0.3) is 0 Å². The van der Waals surface area contributed by atoms with Crippen molar-refractivity contribution < 1.29 is 22.3 Å². The van der Waals surface area contributed by atoms with Gasteiger partial charge in [0.05, 0.1) is 5.60 Å². The Labute approximate surface area is 144 Å². The van der Waals surface area contributed by atoms with E-state index in [1.54, 1.807) is 13.2 Å². The van der Waals surface area contributed by atoms with Gasteiger partial charge in [-0.2, -0.15) is 13.2 Å². The minimum absolute atomic E-state index is 0.0739. The van der Waals surface area contributed by atoms with Crippen LogP contribution >= 0.6 is 0 Å². The van der Waals surface area contributed by atoms with Crippen LogP contribution in [0.3, 0.4) is 0 Å².